The number of rotatable bonds is 8. The van der Waals surface area contributed by atoms with E-state index in [1.54, 1.807) is 0 Å². The largest absolute Gasteiger partial charge is 0.378 e. The van der Waals surface area contributed by atoms with Gasteiger partial charge in [-0.3, -0.25) is 19.8 Å². The van der Waals surface area contributed by atoms with Gasteiger partial charge in [0.2, 0.25) is 5.91 Å². The Morgan fingerprint density at radius 3 is 2.76 bits per heavy atom. The lowest BCUT2D eigenvalue weighted by molar-refractivity contribution is -0.384. The first-order valence-electron chi connectivity index (χ1n) is 7.09. The van der Waals surface area contributed by atoms with Crippen LogP contribution < -0.4 is 11.1 Å². The third kappa shape index (κ3) is 3.91. The van der Waals surface area contributed by atoms with Crippen LogP contribution in [0.15, 0.2) is 18.2 Å². The first kappa shape index (κ1) is 15.2. The maximum absolute atomic E-state index is 11.2. The second kappa shape index (κ2) is 6.53. The Morgan fingerprint density at radius 1 is 1.52 bits per heavy atom. The number of primary amides is 1. The van der Waals surface area contributed by atoms with Crippen molar-refractivity contribution in [2.45, 2.75) is 25.8 Å². The SMILES string of the molecule is CCN(CCNc1cc(C(N)=O)ccc1[N+](=O)[O-])C1CC1. The molecule has 1 aliphatic carbocycles. The van der Waals surface area contributed by atoms with Gasteiger partial charge in [0.25, 0.3) is 5.69 Å². The molecule has 0 aliphatic heterocycles. The van der Waals surface area contributed by atoms with Crippen LogP contribution in [-0.2, 0) is 0 Å². The summed E-state index contributed by atoms with van der Waals surface area (Å²) in [6.07, 6.45) is 2.45. The highest BCUT2D eigenvalue weighted by Gasteiger charge is 2.27. The Morgan fingerprint density at radius 2 is 2.24 bits per heavy atom. The summed E-state index contributed by atoms with van der Waals surface area (Å²) in [5.41, 5.74) is 5.76. The fourth-order valence-corrected chi connectivity index (χ4v) is 2.36. The van der Waals surface area contributed by atoms with Crippen molar-refractivity contribution in [3.05, 3.63) is 33.9 Å². The van der Waals surface area contributed by atoms with Gasteiger partial charge in [-0.2, -0.15) is 0 Å². The Kier molecular flexibility index (Phi) is 4.74. The zero-order chi connectivity index (χ0) is 15.4. The lowest BCUT2D eigenvalue weighted by Gasteiger charge is -2.20. The molecule has 7 nitrogen and oxygen atoms in total. The number of benzene rings is 1. The van der Waals surface area contributed by atoms with Gasteiger partial charge in [0, 0.05) is 30.8 Å². The molecule has 0 aromatic heterocycles. The normalized spacial score (nSPS) is 14.2. The summed E-state index contributed by atoms with van der Waals surface area (Å²) in [4.78, 5) is 24.1. The van der Waals surface area contributed by atoms with Crippen molar-refractivity contribution in [1.29, 1.82) is 0 Å². The monoisotopic (exact) mass is 292 g/mol. The molecule has 0 radical (unpaired) electrons. The molecule has 21 heavy (non-hydrogen) atoms. The summed E-state index contributed by atoms with van der Waals surface area (Å²) >= 11 is 0. The summed E-state index contributed by atoms with van der Waals surface area (Å²) in [6, 6.07) is 4.77. The van der Waals surface area contributed by atoms with Crippen molar-refractivity contribution in [3.8, 4) is 0 Å². The molecule has 0 saturated heterocycles. The second-order valence-corrected chi connectivity index (χ2v) is 5.14. The Labute approximate surface area is 123 Å². The molecule has 114 valence electrons. The molecule has 0 heterocycles. The number of nitrogens with two attached hydrogens (primary N) is 1. The van der Waals surface area contributed by atoms with E-state index in [0.29, 0.717) is 18.3 Å². The number of anilines is 1. The van der Waals surface area contributed by atoms with E-state index in [1.165, 1.54) is 31.0 Å². The van der Waals surface area contributed by atoms with Gasteiger partial charge in [0.05, 0.1) is 4.92 Å². The molecule has 0 spiro atoms. The Balaban J connectivity index is 2.04. The maximum atomic E-state index is 11.2. The second-order valence-electron chi connectivity index (χ2n) is 5.14. The average molecular weight is 292 g/mol. The molecule has 2 rings (SSSR count). The highest BCUT2D eigenvalue weighted by Crippen LogP contribution is 2.27. The molecule has 1 amide bonds. The standard InChI is InChI=1S/C14H20N4O3/c1-2-17(11-4-5-11)8-7-16-12-9-10(14(15)19)3-6-13(12)18(20)21/h3,6,9,11,16H,2,4-5,7-8H2,1H3,(H2,15,19). The van der Waals surface area contributed by atoms with E-state index in [4.69, 9.17) is 5.73 Å². The number of likely N-dealkylation sites (N-methyl/N-ethyl adjacent to an activating group) is 1. The van der Waals surface area contributed by atoms with Crippen LogP contribution in [0.2, 0.25) is 0 Å². The van der Waals surface area contributed by atoms with E-state index in [2.05, 4.69) is 17.1 Å². The molecular formula is C14H20N4O3. The Bertz CT molecular complexity index is 543. The lowest BCUT2D eigenvalue weighted by atomic mass is 10.1. The lowest BCUT2D eigenvalue weighted by Crippen LogP contribution is -2.31. The number of nitrogens with zero attached hydrogens (tertiary/aromatic N) is 2. The molecule has 1 aliphatic rings. The van der Waals surface area contributed by atoms with Crippen LogP contribution in [0.5, 0.6) is 0 Å². The first-order chi connectivity index (χ1) is 10.0. The number of amides is 1. The summed E-state index contributed by atoms with van der Waals surface area (Å²) in [5, 5.41) is 14.1. The minimum Gasteiger partial charge on any atom is -0.378 e. The quantitative estimate of drug-likeness (QED) is 0.559. The fourth-order valence-electron chi connectivity index (χ4n) is 2.36. The first-order valence-corrected chi connectivity index (χ1v) is 7.09. The summed E-state index contributed by atoms with van der Waals surface area (Å²) in [6.45, 7) is 4.48. The van der Waals surface area contributed by atoms with Crippen molar-refractivity contribution < 1.29 is 9.72 Å². The summed E-state index contributed by atoms with van der Waals surface area (Å²) in [5.74, 6) is -0.596. The van der Waals surface area contributed by atoms with Crippen LogP contribution in [0.3, 0.4) is 0 Å². The number of carbonyl (C=O) groups is 1. The molecule has 1 aromatic rings. The van der Waals surface area contributed by atoms with Crippen molar-refractivity contribution >= 4 is 17.3 Å². The van der Waals surface area contributed by atoms with E-state index in [9.17, 15) is 14.9 Å². The number of hydrogen-bond acceptors (Lipinski definition) is 5. The minimum absolute atomic E-state index is 0.0468. The van der Waals surface area contributed by atoms with Crippen LogP contribution in [0.1, 0.15) is 30.1 Å². The summed E-state index contributed by atoms with van der Waals surface area (Å²) in [7, 11) is 0. The van der Waals surface area contributed by atoms with Crippen LogP contribution in [0.4, 0.5) is 11.4 Å². The van der Waals surface area contributed by atoms with Gasteiger partial charge in [-0.1, -0.05) is 6.92 Å². The van der Waals surface area contributed by atoms with Crippen LogP contribution in [-0.4, -0.2) is 41.4 Å². The zero-order valence-electron chi connectivity index (χ0n) is 12.0. The van der Waals surface area contributed by atoms with Crippen molar-refractivity contribution in [1.82, 2.24) is 4.90 Å². The third-order valence-corrected chi connectivity index (χ3v) is 3.66. The third-order valence-electron chi connectivity index (χ3n) is 3.66. The average Bonchev–Trinajstić information content (AvgIpc) is 3.27. The predicted molar refractivity (Wildman–Crippen MR) is 80.4 cm³/mol. The van der Waals surface area contributed by atoms with Gasteiger partial charge >= 0.3 is 0 Å². The van der Waals surface area contributed by atoms with Gasteiger partial charge in [0.15, 0.2) is 0 Å². The topological polar surface area (TPSA) is 102 Å². The maximum Gasteiger partial charge on any atom is 0.292 e. The van der Waals surface area contributed by atoms with E-state index >= 15 is 0 Å². The van der Waals surface area contributed by atoms with Gasteiger partial charge < -0.3 is 11.1 Å². The fraction of sp³-hybridized carbons (Fsp3) is 0.500. The number of nitro groups is 1. The molecule has 1 fully saturated rings. The molecule has 1 saturated carbocycles. The molecule has 3 N–H and O–H groups in total. The van der Waals surface area contributed by atoms with Gasteiger partial charge in [0.1, 0.15) is 5.69 Å². The molecule has 0 unspecified atom stereocenters. The van der Waals surface area contributed by atoms with E-state index in [0.717, 1.165) is 13.1 Å². The number of carbonyl (C=O) groups excluding carboxylic acids is 1. The summed E-state index contributed by atoms with van der Waals surface area (Å²) < 4.78 is 0. The van der Waals surface area contributed by atoms with Crippen molar-refractivity contribution in [2.75, 3.05) is 25.0 Å². The van der Waals surface area contributed by atoms with Crippen molar-refractivity contribution in [2.24, 2.45) is 5.73 Å². The number of nitrogens with one attached hydrogen (secondary N) is 1. The molecule has 1 aromatic carbocycles. The number of hydrogen-bond donors (Lipinski definition) is 2. The molecule has 7 heteroatoms. The zero-order valence-corrected chi connectivity index (χ0v) is 12.0. The molecular weight excluding hydrogens is 272 g/mol. The van der Waals surface area contributed by atoms with Gasteiger partial charge in [-0.15, -0.1) is 0 Å². The Hall–Kier alpha value is -2.15. The van der Waals surface area contributed by atoms with E-state index in [-0.39, 0.29) is 11.3 Å². The van der Waals surface area contributed by atoms with Crippen LogP contribution in [0.25, 0.3) is 0 Å². The van der Waals surface area contributed by atoms with Crippen LogP contribution in [0, 0.1) is 10.1 Å². The predicted octanol–water partition coefficient (Wildman–Crippen LogP) is 1.59. The van der Waals surface area contributed by atoms with E-state index < -0.39 is 10.8 Å². The molecule has 0 atom stereocenters. The van der Waals surface area contributed by atoms with Crippen molar-refractivity contribution in [3.63, 3.8) is 0 Å². The van der Waals surface area contributed by atoms with E-state index in [1.807, 2.05) is 0 Å². The minimum atomic E-state index is -0.596. The van der Waals surface area contributed by atoms with Gasteiger partial charge in [-0.05, 0) is 31.5 Å². The number of nitro benzene ring substituents is 1. The smallest absolute Gasteiger partial charge is 0.292 e. The molecule has 0 bridgehead atoms. The van der Waals surface area contributed by atoms with Crippen LogP contribution >= 0.6 is 0 Å². The highest BCUT2D eigenvalue weighted by atomic mass is 16.6. The van der Waals surface area contributed by atoms with Gasteiger partial charge in [-0.25, -0.2) is 0 Å². The highest BCUT2D eigenvalue weighted by molar-refractivity contribution is 5.94.